The number of aliphatic hydroxyl groups is 1. The van der Waals surface area contributed by atoms with E-state index in [1.165, 1.54) is 6.42 Å². The van der Waals surface area contributed by atoms with Crippen molar-refractivity contribution in [2.75, 3.05) is 6.61 Å². The van der Waals surface area contributed by atoms with Gasteiger partial charge >= 0.3 is 0 Å². The molecule has 12 heavy (non-hydrogen) atoms. The van der Waals surface area contributed by atoms with Crippen LogP contribution in [0.4, 0.5) is 0 Å². The Morgan fingerprint density at radius 1 is 1.17 bits per heavy atom. The maximum absolute atomic E-state index is 8.47. The van der Waals surface area contributed by atoms with Crippen molar-refractivity contribution in [3.05, 3.63) is 0 Å². The summed E-state index contributed by atoms with van der Waals surface area (Å²) in [5, 5.41) is 8.47. The van der Waals surface area contributed by atoms with Crippen molar-refractivity contribution < 1.29 is 5.11 Å². The topological polar surface area (TPSA) is 20.2 Å². The smallest absolute Gasteiger partial charge is 0.0456 e. The zero-order valence-corrected chi connectivity index (χ0v) is 9.65. The van der Waals surface area contributed by atoms with E-state index in [4.69, 9.17) is 5.11 Å². The molecule has 1 unspecified atom stereocenters. The lowest BCUT2D eigenvalue weighted by molar-refractivity contribution is 0.229. The fourth-order valence-electron chi connectivity index (χ4n) is 0.584. The second-order valence-electron chi connectivity index (χ2n) is 5.08. The van der Waals surface area contributed by atoms with Gasteiger partial charge in [0.15, 0.2) is 0 Å². The van der Waals surface area contributed by atoms with Gasteiger partial charge in [0, 0.05) is 6.61 Å². The van der Waals surface area contributed by atoms with Crippen LogP contribution in [0, 0.1) is 11.3 Å². The Morgan fingerprint density at radius 2 is 1.50 bits per heavy atom. The van der Waals surface area contributed by atoms with Crippen LogP contribution >= 0.6 is 0 Å². The molecule has 0 amide bonds. The summed E-state index contributed by atoms with van der Waals surface area (Å²) < 4.78 is 0. The molecule has 0 bridgehead atoms. The first-order chi connectivity index (χ1) is 5.31. The van der Waals surface area contributed by atoms with Gasteiger partial charge in [0.05, 0.1) is 0 Å². The molecule has 0 saturated heterocycles. The van der Waals surface area contributed by atoms with E-state index in [1.807, 2.05) is 0 Å². The minimum absolute atomic E-state index is 0.341. The van der Waals surface area contributed by atoms with Crippen LogP contribution in [0.5, 0.6) is 0 Å². The van der Waals surface area contributed by atoms with Gasteiger partial charge in [-0.3, -0.25) is 0 Å². The highest BCUT2D eigenvalue weighted by Crippen LogP contribution is 2.08. The Kier molecular flexibility index (Phi) is 9.17. The van der Waals surface area contributed by atoms with Gasteiger partial charge < -0.3 is 5.11 Å². The molecule has 1 heteroatoms. The van der Waals surface area contributed by atoms with Gasteiger partial charge in [-0.2, -0.15) is 0 Å². The van der Waals surface area contributed by atoms with Gasteiger partial charge in [-0.25, -0.2) is 0 Å². The quantitative estimate of drug-likeness (QED) is 0.694. The van der Waals surface area contributed by atoms with Crippen molar-refractivity contribution in [3.63, 3.8) is 0 Å². The van der Waals surface area contributed by atoms with Gasteiger partial charge in [0.1, 0.15) is 0 Å². The first kappa shape index (κ1) is 14.5. The molecule has 0 radical (unpaired) electrons. The van der Waals surface area contributed by atoms with Crippen molar-refractivity contribution in [1.29, 1.82) is 0 Å². The molecule has 1 atom stereocenters. The average molecular weight is 174 g/mol. The van der Waals surface area contributed by atoms with E-state index in [2.05, 4.69) is 41.5 Å². The SMILES string of the molecule is CC(C)(C)C.CCCC(C)CO. The molecule has 0 aliphatic heterocycles. The highest BCUT2D eigenvalue weighted by Gasteiger charge is 1.95. The summed E-state index contributed by atoms with van der Waals surface area (Å²) in [5.74, 6) is 0.505. The van der Waals surface area contributed by atoms with Crippen molar-refractivity contribution in [1.82, 2.24) is 0 Å². The second kappa shape index (κ2) is 7.60. The van der Waals surface area contributed by atoms with E-state index in [0.717, 1.165) is 6.42 Å². The molecule has 0 aromatic heterocycles. The minimum atomic E-state index is 0.341. The van der Waals surface area contributed by atoms with Gasteiger partial charge in [0.25, 0.3) is 0 Å². The van der Waals surface area contributed by atoms with Crippen LogP contribution in [0.1, 0.15) is 54.4 Å². The first-order valence-corrected chi connectivity index (χ1v) is 4.92. The molecule has 76 valence electrons. The summed E-state index contributed by atoms with van der Waals surface area (Å²) in [6, 6.07) is 0. The third kappa shape index (κ3) is 32.5. The third-order valence-electron chi connectivity index (χ3n) is 1.09. The van der Waals surface area contributed by atoms with Crippen molar-refractivity contribution in [2.45, 2.75) is 54.4 Å². The molecule has 0 rings (SSSR count). The van der Waals surface area contributed by atoms with Crippen LogP contribution in [0.15, 0.2) is 0 Å². The molecule has 1 nitrogen and oxygen atoms in total. The number of aliphatic hydroxyl groups excluding tert-OH is 1. The highest BCUT2D eigenvalue weighted by molar-refractivity contribution is 4.47. The third-order valence-corrected chi connectivity index (χ3v) is 1.09. The molecule has 0 aliphatic rings. The van der Waals surface area contributed by atoms with Crippen LogP contribution in [0.25, 0.3) is 0 Å². The van der Waals surface area contributed by atoms with Crippen LogP contribution in [-0.2, 0) is 0 Å². The van der Waals surface area contributed by atoms with Crippen LogP contribution in [0.2, 0.25) is 0 Å². The normalized spacial score (nSPS) is 13.2. The lowest BCUT2D eigenvalue weighted by Gasteiger charge is -2.05. The molecule has 0 aliphatic carbocycles. The molecule has 0 aromatic rings. The molecular formula is C11H26O. The number of hydrogen-bond acceptors (Lipinski definition) is 1. The minimum Gasteiger partial charge on any atom is -0.396 e. The molecule has 0 saturated carbocycles. The Balaban J connectivity index is 0. The standard InChI is InChI=1S/C6H14O.C5H12/c1-3-4-6(2)5-7;1-5(2,3)4/h6-7H,3-5H2,1-2H3;1-4H3. The fourth-order valence-corrected chi connectivity index (χ4v) is 0.584. The van der Waals surface area contributed by atoms with Gasteiger partial charge in [-0.15, -0.1) is 0 Å². The maximum Gasteiger partial charge on any atom is 0.0456 e. The van der Waals surface area contributed by atoms with E-state index in [9.17, 15) is 0 Å². The zero-order valence-electron chi connectivity index (χ0n) is 9.65. The van der Waals surface area contributed by atoms with Crippen molar-refractivity contribution in [2.24, 2.45) is 11.3 Å². The van der Waals surface area contributed by atoms with Gasteiger partial charge in [0.2, 0.25) is 0 Å². The number of hydrogen-bond donors (Lipinski definition) is 1. The van der Waals surface area contributed by atoms with E-state index in [-0.39, 0.29) is 0 Å². The fraction of sp³-hybridized carbons (Fsp3) is 1.00. The van der Waals surface area contributed by atoms with E-state index >= 15 is 0 Å². The largest absolute Gasteiger partial charge is 0.396 e. The summed E-state index contributed by atoms with van der Waals surface area (Å²) in [6.07, 6.45) is 2.33. The lowest BCUT2D eigenvalue weighted by Crippen LogP contribution is -1.98. The van der Waals surface area contributed by atoms with Crippen LogP contribution < -0.4 is 0 Å². The molecule has 0 fully saturated rings. The first-order valence-electron chi connectivity index (χ1n) is 4.92. The molecule has 0 aromatic carbocycles. The summed E-state index contributed by atoms with van der Waals surface area (Å²) in [6.45, 7) is 13.3. The predicted molar refractivity (Wildman–Crippen MR) is 56.3 cm³/mol. The molecule has 1 N–H and O–H groups in total. The predicted octanol–water partition coefficient (Wildman–Crippen LogP) is 3.47. The Morgan fingerprint density at radius 3 is 1.58 bits per heavy atom. The Labute approximate surface area is 78.2 Å². The zero-order chi connectivity index (χ0) is 10.2. The summed E-state index contributed by atoms with van der Waals surface area (Å²) >= 11 is 0. The highest BCUT2D eigenvalue weighted by atomic mass is 16.3. The lowest BCUT2D eigenvalue weighted by atomic mass is 10.0. The number of rotatable bonds is 3. The molecule has 0 spiro atoms. The summed E-state index contributed by atoms with van der Waals surface area (Å²) in [7, 11) is 0. The second-order valence-corrected chi connectivity index (χ2v) is 5.08. The average Bonchev–Trinajstić information content (AvgIpc) is 1.85. The summed E-state index contributed by atoms with van der Waals surface area (Å²) in [4.78, 5) is 0. The van der Waals surface area contributed by atoms with Gasteiger partial charge in [-0.1, -0.05) is 48.0 Å². The van der Waals surface area contributed by atoms with Gasteiger partial charge in [-0.05, 0) is 17.8 Å². The van der Waals surface area contributed by atoms with E-state index in [0.29, 0.717) is 17.9 Å². The Bertz CT molecular complexity index is 75.5. The molecular weight excluding hydrogens is 148 g/mol. The van der Waals surface area contributed by atoms with Crippen LogP contribution in [0.3, 0.4) is 0 Å². The Hall–Kier alpha value is -0.0400. The van der Waals surface area contributed by atoms with Crippen LogP contribution in [-0.4, -0.2) is 11.7 Å². The monoisotopic (exact) mass is 174 g/mol. The van der Waals surface area contributed by atoms with E-state index in [1.54, 1.807) is 0 Å². The van der Waals surface area contributed by atoms with Crippen molar-refractivity contribution >= 4 is 0 Å². The maximum atomic E-state index is 8.47. The van der Waals surface area contributed by atoms with Crippen molar-refractivity contribution in [3.8, 4) is 0 Å². The molecule has 0 heterocycles. The van der Waals surface area contributed by atoms with E-state index < -0.39 is 0 Å². The summed E-state index contributed by atoms with van der Waals surface area (Å²) in [5.41, 5.74) is 0.500.